The summed E-state index contributed by atoms with van der Waals surface area (Å²) in [7, 11) is 0. The topological polar surface area (TPSA) is 47.6 Å². The monoisotopic (exact) mass is 275 g/mol. The second kappa shape index (κ2) is 7.82. The van der Waals surface area contributed by atoms with Crippen molar-refractivity contribution in [1.82, 2.24) is 5.32 Å². The minimum absolute atomic E-state index is 0.162. The smallest absolute Gasteiger partial charge is 0.243 e. The predicted octanol–water partition coefficient (Wildman–Crippen LogP) is 2.18. The highest BCUT2D eigenvalue weighted by molar-refractivity contribution is 5.86. The molecule has 1 saturated heterocycles. The Labute approximate surface area is 119 Å². The maximum Gasteiger partial charge on any atom is 0.243 e. The van der Waals surface area contributed by atoms with Crippen molar-refractivity contribution in [2.75, 3.05) is 13.2 Å². The largest absolute Gasteiger partial charge is 0.376 e. The van der Waals surface area contributed by atoms with Crippen molar-refractivity contribution in [3.05, 3.63) is 48.0 Å². The number of rotatable bonds is 7. The Balaban J connectivity index is 1.76. The van der Waals surface area contributed by atoms with E-state index in [9.17, 15) is 4.79 Å². The van der Waals surface area contributed by atoms with Gasteiger partial charge in [0.2, 0.25) is 5.91 Å². The summed E-state index contributed by atoms with van der Waals surface area (Å²) in [5.74, 6) is -0.162. The number of ether oxygens (including phenoxy) is 2. The Bertz CT molecular complexity index is 453. The highest BCUT2D eigenvalue weighted by Gasteiger charge is 2.15. The van der Waals surface area contributed by atoms with Gasteiger partial charge in [-0.15, -0.1) is 0 Å². The Morgan fingerprint density at radius 3 is 3.10 bits per heavy atom. The van der Waals surface area contributed by atoms with E-state index in [1.807, 2.05) is 24.3 Å². The van der Waals surface area contributed by atoms with Gasteiger partial charge in [-0.3, -0.25) is 4.79 Å². The molecule has 1 aliphatic rings. The first-order valence-electron chi connectivity index (χ1n) is 6.95. The van der Waals surface area contributed by atoms with E-state index in [0.29, 0.717) is 19.8 Å². The molecular formula is C16H21NO3. The summed E-state index contributed by atoms with van der Waals surface area (Å²) in [4.78, 5) is 11.1. The molecular weight excluding hydrogens is 254 g/mol. The van der Waals surface area contributed by atoms with Gasteiger partial charge in [-0.2, -0.15) is 0 Å². The van der Waals surface area contributed by atoms with Crippen LogP contribution in [0.5, 0.6) is 0 Å². The van der Waals surface area contributed by atoms with Gasteiger partial charge >= 0.3 is 0 Å². The molecule has 1 amide bonds. The molecule has 1 aromatic rings. The summed E-state index contributed by atoms with van der Waals surface area (Å²) in [6, 6.07) is 8.01. The van der Waals surface area contributed by atoms with Crippen LogP contribution in [0.1, 0.15) is 24.0 Å². The maximum atomic E-state index is 11.1. The quantitative estimate of drug-likeness (QED) is 0.776. The first kappa shape index (κ1) is 14.8. The Morgan fingerprint density at radius 1 is 1.50 bits per heavy atom. The van der Waals surface area contributed by atoms with Crippen molar-refractivity contribution in [2.45, 2.75) is 32.1 Å². The van der Waals surface area contributed by atoms with Crippen LogP contribution in [0.3, 0.4) is 0 Å². The predicted molar refractivity (Wildman–Crippen MR) is 77.1 cm³/mol. The van der Waals surface area contributed by atoms with Gasteiger partial charge in [0.15, 0.2) is 0 Å². The summed E-state index contributed by atoms with van der Waals surface area (Å²) in [6.07, 6.45) is 3.75. The molecule has 20 heavy (non-hydrogen) atoms. The third-order valence-corrected chi connectivity index (χ3v) is 3.24. The minimum atomic E-state index is -0.162. The van der Waals surface area contributed by atoms with Crippen LogP contribution in [0.4, 0.5) is 0 Å². The first-order valence-corrected chi connectivity index (χ1v) is 6.95. The maximum absolute atomic E-state index is 11.1. The van der Waals surface area contributed by atoms with Crippen molar-refractivity contribution in [3.8, 4) is 0 Å². The molecule has 4 heteroatoms. The summed E-state index contributed by atoms with van der Waals surface area (Å²) in [5.41, 5.74) is 2.16. The summed E-state index contributed by atoms with van der Waals surface area (Å²) >= 11 is 0. The van der Waals surface area contributed by atoms with E-state index in [1.165, 1.54) is 6.08 Å². The second-order valence-corrected chi connectivity index (χ2v) is 4.89. The van der Waals surface area contributed by atoms with Crippen molar-refractivity contribution in [3.63, 3.8) is 0 Å². The SMILES string of the molecule is C=CC(=O)NCc1cccc(COCC2CCCO2)c1. The van der Waals surface area contributed by atoms with Gasteiger partial charge in [0.1, 0.15) is 0 Å². The van der Waals surface area contributed by atoms with Gasteiger partial charge in [-0.05, 0) is 30.0 Å². The fourth-order valence-corrected chi connectivity index (χ4v) is 2.17. The highest BCUT2D eigenvalue weighted by Crippen LogP contribution is 2.13. The van der Waals surface area contributed by atoms with E-state index in [-0.39, 0.29) is 12.0 Å². The number of hydrogen-bond donors (Lipinski definition) is 1. The normalized spacial score (nSPS) is 17.9. The van der Waals surface area contributed by atoms with E-state index in [1.54, 1.807) is 0 Å². The fraction of sp³-hybridized carbons (Fsp3) is 0.438. The van der Waals surface area contributed by atoms with Crippen LogP contribution in [0.25, 0.3) is 0 Å². The number of carbonyl (C=O) groups excluding carboxylic acids is 1. The van der Waals surface area contributed by atoms with Gasteiger partial charge in [-0.25, -0.2) is 0 Å². The summed E-state index contributed by atoms with van der Waals surface area (Å²) in [5, 5.41) is 2.76. The number of carbonyl (C=O) groups is 1. The zero-order chi connectivity index (χ0) is 14.2. The zero-order valence-corrected chi connectivity index (χ0v) is 11.6. The molecule has 0 bridgehead atoms. The Morgan fingerprint density at radius 2 is 2.35 bits per heavy atom. The lowest BCUT2D eigenvalue weighted by molar-refractivity contribution is -0.116. The lowest BCUT2D eigenvalue weighted by atomic mass is 10.1. The standard InChI is InChI=1S/C16H21NO3/c1-2-16(18)17-10-13-5-3-6-14(9-13)11-19-12-15-7-4-8-20-15/h2-3,5-6,9,15H,1,4,7-8,10-12H2,(H,17,18). The number of nitrogens with one attached hydrogen (secondary N) is 1. The molecule has 0 saturated carbocycles. The van der Waals surface area contributed by atoms with Crippen molar-refractivity contribution < 1.29 is 14.3 Å². The van der Waals surface area contributed by atoms with Gasteiger partial charge in [0.25, 0.3) is 0 Å². The summed E-state index contributed by atoms with van der Waals surface area (Å²) in [6.45, 7) is 6.01. The molecule has 1 atom stereocenters. The zero-order valence-electron chi connectivity index (χ0n) is 11.6. The van der Waals surface area contributed by atoms with E-state index in [0.717, 1.165) is 30.6 Å². The van der Waals surface area contributed by atoms with Gasteiger partial charge in [-0.1, -0.05) is 30.8 Å². The molecule has 2 rings (SSSR count). The Kier molecular flexibility index (Phi) is 5.77. The molecule has 1 fully saturated rings. The lowest BCUT2D eigenvalue weighted by Gasteiger charge is -2.11. The van der Waals surface area contributed by atoms with E-state index < -0.39 is 0 Å². The third kappa shape index (κ3) is 4.79. The molecule has 0 radical (unpaired) electrons. The lowest BCUT2D eigenvalue weighted by Crippen LogP contribution is -2.20. The van der Waals surface area contributed by atoms with Crippen LogP contribution < -0.4 is 5.32 Å². The van der Waals surface area contributed by atoms with Gasteiger partial charge < -0.3 is 14.8 Å². The molecule has 1 heterocycles. The van der Waals surface area contributed by atoms with Gasteiger partial charge in [0.05, 0.1) is 19.3 Å². The second-order valence-electron chi connectivity index (χ2n) is 4.89. The van der Waals surface area contributed by atoms with Crippen LogP contribution in [0.15, 0.2) is 36.9 Å². The molecule has 1 aliphatic heterocycles. The molecule has 1 N–H and O–H groups in total. The minimum Gasteiger partial charge on any atom is -0.376 e. The molecule has 1 aromatic carbocycles. The van der Waals surface area contributed by atoms with E-state index >= 15 is 0 Å². The average molecular weight is 275 g/mol. The van der Waals surface area contributed by atoms with Crippen molar-refractivity contribution >= 4 is 5.91 Å². The molecule has 108 valence electrons. The highest BCUT2D eigenvalue weighted by atomic mass is 16.5. The van der Waals surface area contributed by atoms with Gasteiger partial charge in [0, 0.05) is 13.2 Å². The molecule has 4 nitrogen and oxygen atoms in total. The van der Waals surface area contributed by atoms with Crippen LogP contribution >= 0.6 is 0 Å². The molecule has 1 unspecified atom stereocenters. The fourth-order valence-electron chi connectivity index (χ4n) is 2.17. The molecule has 0 spiro atoms. The average Bonchev–Trinajstić information content (AvgIpc) is 2.98. The first-order chi connectivity index (χ1) is 9.78. The molecule has 0 aliphatic carbocycles. The van der Waals surface area contributed by atoms with E-state index in [4.69, 9.17) is 9.47 Å². The third-order valence-electron chi connectivity index (χ3n) is 3.24. The van der Waals surface area contributed by atoms with E-state index in [2.05, 4.69) is 11.9 Å². The van der Waals surface area contributed by atoms with Crippen LogP contribution in [0.2, 0.25) is 0 Å². The number of hydrogen-bond acceptors (Lipinski definition) is 3. The van der Waals surface area contributed by atoms with Crippen LogP contribution in [-0.4, -0.2) is 25.2 Å². The number of amides is 1. The van der Waals surface area contributed by atoms with Crippen molar-refractivity contribution in [1.29, 1.82) is 0 Å². The summed E-state index contributed by atoms with van der Waals surface area (Å²) < 4.78 is 11.2. The molecule has 0 aromatic heterocycles. The van der Waals surface area contributed by atoms with Crippen molar-refractivity contribution in [2.24, 2.45) is 0 Å². The Hall–Kier alpha value is -1.65. The van der Waals surface area contributed by atoms with Crippen LogP contribution in [0, 0.1) is 0 Å². The van der Waals surface area contributed by atoms with Crippen LogP contribution in [-0.2, 0) is 27.4 Å². The number of benzene rings is 1.